The van der Waals surface area contributed by atoms with Crippen LogP contribution in [0.1, 0.15) is 5.69 Å². The van der Waals surface area contributed by atoms with Gasteiger partial charge in [-0.3, -0.25) is 4.79 Å². The standard InChI is InChI=1S/C17H17N3O2/c1-19(2)17(21)13(12-18)11-15-5-4-10-20(15)14-6-8-16(22-3)9-7-14/h4-11H,1-3H3/b13-11-. The van der Waals surface area contributed by atoms with Crippen molar-refractivity contribution in [1.82, 2.24) is 9.47 Å². The molecule has 1 aromatic carbocycles. The van der Waals surface area contributed by atoms with Crippen LogP contribution in [0.5, 0.6) is 5.75 Å². The average molecular weight is 295 g/mol. The molecule has 0 saturated carbocycles. The molecule has 0 bridgehead atoms. The van der Waals surface area contributed by atoms with Crippen molar-refractivity contribution in [2.24, 2.45) is 0 Å². The van der Waals surface area contributed by atoms with Crippen LogP contribution in [0.15, 0.2) is 48.2 Å². The van der Waals surface area contributed by atoms with Gasteiger partial charge < -0.3 is 14.2 Å². The number of ether oxygens (including phenoxy) is 1. The second-order valence-corrected chi connectivity index (χ2v) is 4.87. The van der Waals surface area contributed by atoms with Crippen molar-refractivity contribution < 1.29 is 9.53 Å². The topological polar surface area (TPSA) is 58.3 Å². The predicted octanol–water partition coefficient (Wildman–Crippen LogP) is 2.48. The molecule has 0 aliphatic rings. The van der Waals surface area contributed by atoms with Crippen LogP contribution < -0.4 is 4.74 Å². The lowest BCUT2D eigenvalue weighted by atomic mass is 10.2. The number of nitrogens with zero attached hydrogens (tertiary/aromatic N) is 3. The summed E-state index contributed by atoms with van der Waals surface area (Å²) in [6.07, 6.45) is 3.47. The lowest BCUT2D eigenvalue weighted by molar-refractivity contribution is -0.124. The van der Waals surface area contributed by atoms with E-state index >= 15 is 0 Å². The number of hydrogen-bond donors (Lipinski definition) is 0. The molecule has 0 radical (unpaired) electrons. The summed E-state index contributed by atoms with van der Waals surface area (Å²) in [5, 5.41) is 9.18. The Morgan fingerprint density at radius 2 is 1.95 bits per heavy atom. The number of likely N-dealkylation sites (N-methyl/N-ethyl adjacent to an activating group) is 1. The zero-order valence-electron chi connectivity index (χ0n) is 12.8. The molecule has 2 rings (SSSR count). The maximum Gasteiger partial charge on any atom is 0.264 e. The van der Waals surface area contributed by atoms with Gasteiger partial charge in [0.25, 0.3) is 5.91 Å². The van der Waals surface area contributed by atoms with Gasteiger partial charge in [-0.15, -0.1) is 0 Å². The first-order chi connectivity index (χ1) is 10.6. The van der Waals surface area contributed by atoms with Gasteiger partial charge >= 0.3 is 0 Å². The van der Waals surface area contributed by atoms with E-state index in [1.54, 1.807) is 27.3 Å². The quantitative estimate of drug-likeness (QED) is 0.643. The third-order valence-electron chi connectivity index (χ3n) is 3.18. The zero-order valence-corrected chi connectivity index (χ0v) is 12.8. The maximum absolute atomic E-state index is 11.9. The Balaban J connectivity index is 2.40. The normalized spacial score (nSPS) is 10.9. The van der Waals surface area contributed by atoms with E-state index in [1.807, 2.05) is 53.2 Å². The highest BCUT2D eigenvalue weighted by atomic mass is 16.5. The lowest BCUT2D eigenvalue weighted by Gasteiger charge is -2.10. The van der Waals surface area contributed by atoms with Gasteiger partial charge in [0.05, 0.1) is 7.11 Å². The van der Waals surface area contributed by atoms with Crippen molar-refractivity contribution >= 4 is 12.0 Å². The molecule has 1 heterocycles. The van der Waals surface area contributed by atoms with E-state index in [9.17, 15) is 10.1 Å². The zero-order chi connectivity index (χ0) is 16.1. The fourth-order valence-corrected chi connectivity index (χ4v) is 2.02. The Morgan fingerprint density at radius 1 is 1.27 bits per heavy atom. The molecule has 0 unspecified atom stereocenters. The van der Waals surface area contributed by atoms with Gasteiger partial charge in [-0.1, -0.05) is 0 Å². The Labute approximate surface area is 129 Å². The first-order valence-corrected chi connectivity index (χ1v) is 6.72. The molecule has 0 aliphatic heterocycles. The first kappa shape index (κ1) is 15.4. The van der Waals surface area contributed by atoms with Crippen LogP contribution in [-0.2, 0) is 4.79 Å². The fourth-order valence-electron chi connectivity index (χ4n) is 2.02. The smallest absolute Gasteiger partial charge is 0.264 e. The average Bonchev–Trinajstić information content (AvgIpc) is 3.00. The number of amides is 1. The number of rotatable bonds is 4. The van der Waals surface area contributed by atoms with E-state index in [4.69, 9.17) is 4.74 Å². The second kappa shape index (κ2) is 6.64. The molecule has 22 heavy (non-hydrogen) atoms. The molecule has 1 amide bonds. The van der Waals surface area contributed by atoms with Crippen LogP contribution in [-0.4, -0.2) is 36.6 Å². The van der Waals surface area contributed by atoms with Crippen molar-refractivity contribution in [1.29, 1.82) is 5.26 Å². The fraction of sp³-hybridized carbons (Fsp3) is 0.176. The van der Waals surface area contributed by atoms with Gasteiger partial charge in [0.2, 0.25) is 0 Å². The van der Waals surface area contributed by atoms with Crippen LogP contribution in [0.3, 0.4) is 0 Å². The molecular formula is C17H17N3O2. The molecule has 0 atom stereocenters. The molecule has 5 heteroatoms. The van der Waals surface area contributed by atoms with Gasteiger partial charge in [0.1, 0.15) is 17.4 Å². The molecule has 112 valence electrons. The monoisotopic (exact) mass is 295 g/mol. The third kappa shape index (κ3) is 3.18. The molecule has 0 fully saturated rings. The lowest BCUT2D eigenvalue weighted by Crippen LogP contribution is -2.22. The molecule has 0 saturated heterocycles. The van der Waals surface area contributed by atoms with Crippen LogP contribution in [0.2, 0.25) is 0 Å². The molecule has 0 aliphatic carbocycles. The second-order valence-electron chi connectivity index (χ2n) is 4.87. The highest BCUT2D eigenvalue weighted by molar-refractivity contribution is 6.01. The minimum Gasteiger partial charge on any atom is -0.497 e. The largest absolute Gasteiger partial charge is 0.497 e. The SMILES string of the molecule is COc1ccc(-n2cccc2/C=C(/C#N)C(=O)N(C)C)cc1. The van der Waals surface area contributed by atoms with Crippen LogP contribution >= 0.6 is 0 Å². The number of benzene rings is 1. The molecule has 2 aromatic rings. The number of aromatic nitrogens is 1. The van der Waals surface area contributed by atoms with Crippen LogP contribution in [0.25, 0.3) is 11.8 Å². The van der Waals surface area contributed by atoms with Crippen molar-refractivity contribution in [2.45, 2.75) is 0 Å². The van der Waals surface area contributed by atoms with E-state index in [2.05, 4.69) is 0 Å². The Hall–Kier alpha value is -3.00. The Kier molecular flexibility index (Phi) is 4.64. The minimum atomic E-state index is -0.315. The van der Waals surface area contributed by atoms with Crippen molar-refractivity contribution in [3.8, 4) is 17.5 Å². The minimum absolute atomic E-state index is 0.0958. The van der Waals surface area contributed by atoms with Gasteiger partial charge in [-0.2, -0.15) is 5.26 Å². The maximum atomic E-state index is 11.9. The van der Waals surface area contributed by atoms with Gasteiger partial charge in [-0.25, -0.2) is 0 Å². The highest BCUT2D eigenvalue weighted by Gasteiger charge is 2.12. The summed E-state index contributed by atoms with van der Waals surface area (Å²) in [5.41, 5.74) is 1.78. The van der Waals surface area contributed by atoms with Crippen LogP contribution in [0, 0.1) is 11.3 Å². The first-order valence-electron chi connectivity index (χ1n) is 6.72. The number of methoxy groups -OCH3 is 1. The predicted molar refractivity (Wildman–Crippen MR) is 84.6 cm³/mol. The molecule has 0 N–H and O–H groups in total. The summed E-state index contributed by atoms with van der Waals surface area (Å²) in [5.74, 6) is 0.457. The summed E-state index contributed by atoms with van der Waals surface area (Å²) in [4.78, 5) is 13.3. The van der Waals surface area contributed by atoms with Crippen molar-refractivity contribution in [2.75, 3.05) is 21.2 Å². The summed E-state index contributed by atoms with van der Waals surface area (Å²) < 4.78 is 7.04. The van der Waals surface area contributed by atoms with E-state index in [0.717, 1.165) is 17.1 Å². The van der Waals surface area contributed by atoms with Gasteiger partial charge in [-0.05, 0) is 42.5 Å². The third-order valence-corrected chi connectivity index (χ3v) is 3.18. The summed E-state index contributed by atoms with van der Waals surface area (Å²) in [6.45, 7) is 0. The summed E-state index contributed by atoms with van der Waals surface area (Å²) in [6, 6.07) is 13.2. The van der Waals surface area contributed by atoms with Gasteiger partial charge in [0, 0.05) is 31.7 Å². The van der Waals surface area contributed by atoms with Crippen molar-refractivity contribution in [3.05, 3.63) is 53.9 Å². The number of carbonyl (C=O) groups is 1. The molecular weight excluding hydrogens is 278 g/mol. The van der Waals surface area contributed by atoms with Crippen LogP contribution in [0.4, 0.5) is 0 Å². The van der Waals surface area contributed by atoms with Crippen molar-refractivity contribution in [3.63, 3.8) is 0 Å². The Morgan fingerprint density at radius 3 is 2.50 bits per heavy atom. The van der Waals surface area contributed by atoms with E-state index in [1.165, 1.54) is 4.90 Å². The summed E-state index contributed by atoms with van der Waals surface area (Å²) in [7, 11) is 4.86. The molecule has 0 spiro atoms. The molecule has 1 aromatic heterocycles. The summed E-state index contributed by atoms with van der Waals surface area (Å²) >= 11 is 0. The number of carbonyl (C=O) groups excluding carboxylic acids is 1. The number of nitriles is 1. The number of hydrogen-bond acceptors (Lipinski definition) is 3. The molecule has 5 nitrogen and oxygen atoms in total. The van der Waals surface area contributed by atoms with E-state index in [0.29, 0.717) is 0 Å². The van der Waals surface area contributed by atoms with E-state index in [-0.39, 0.29) is 11.5 Å². The van der Waals surface area contributed by atoms with E-state index < -0.39 is 0 Å². The Bertz CT molecular complexity index is 734. The highest BCUT2D eigenvalue weighted by Crippen LogP contribution is 2.19. The van der Waals surface area contributed by atoms with Gasteiger partial charge in [0.15, 0.2) is 0 Å².